The fraction of sp³-hybridized carbons (Fsp3) is 0.588. The van der Waals surface area contributed by atoms with Crippen LogP contribution in [0.15, 0.2) is 18.2 Å². The molecule has 1 atom stereocenters. The van der Waals surface area contributed by atoms with Gasteiger partial charge in [0.15, 0.2) is 11.9 Å². The van der Waals surface area contributed by atoms with Gasteiger partial charge >= 0.3 is 18.1 Å². The fourth-order valence-corrected chi connectivity index (χ4v) is 6.91. The molecule has 48 heavy (non-hydrogen) atoms. The number of aromatic nitrogens is 1. The average molecular weight is 699 g/mol. The van der Waals surface area contributed by atoms with E-state index in [9.17, 15) is 32.3 Å². The first-order valence-electron chi connectivity index (χ1n) is 15.9. The third kappa shape index (κ3) is 9.31. The molecule has 0 aliphatic heterocycles. The van der Waals surface area contributed by atoms with Gasteiger partial charge in [-0.15, -0.1) is 0 Å². The molecule has 10 nitrogen and oxygen atoms in total. The lowest BCUT2D eigenvalue weighted by molar-refractivity contribution is -0.873. The van der Waals surface area contributed by atoms with Crippen LogP contribution in [0.2, 0.25) is 0 Å². The summed E-state index contributed by atoms with van der Waals surface area (Å²) in [4.78, 5) is 49.7. The Balaban J connectivity index is 0.00000625. The third-order valence-electron chi connectivity index (χ3n) is 8.69. The highest BCUT2D eigenvalue weighted by Crippen LogP contribution is 2.45. The van der Waals surface area contributed by atoms with E-state index >= 15 is 0 Å². The van der Waals surface area contributed by atoms with Gasteiger partial charge in [0, 0.05) is 42.1 Å². The summed E-state index contributed by atoms with van der Waals surface area (Å²) < 4.78 is 55.9. The Hall–Kier alpha value is -3.58. The second-order valence-electron chi connectivity index (χ2n) is 14.7. The van der Waals surface area contributed by atoms with E-state index in [1.54, 1.807) is 12.1 Å². The van der Waals surface area contributed by atoms with Crippen LogP contribution in [0, 0.1) is 12.3 Å². The average Bonchev–Trinajstić information content (AvgIpc) is 3.19. The van der Waals surface area contributed by atoms with E-state index < -0.39 is 46.9 Å². The molecule has 1 aromatic heterocycles. The van der Waals surface area contributed by atoms with E-state index in [-0.39, 0.29) is 60.6 Å². The lowest BCUT2D eigenvalue weighted by Gasteiger charge is -2.31. The van der Waals surface area contributed by atoms with Crippen LogP contribution in [0.5, 0.6) is 0 Å². The van der Waals surface area contributed by atoms with E-state index in [1.165, 1.54) is 24.5 Å². The number of carbonyl (C=O) groups is 4. The molecule has 2 aromatic rings. The van der Waals surface area contributed by atoms with E-state index in [0.717, 1.165) is 0 Å². The Morgan fingerprint density at radius 1 is 1.10 bits per heavy atom. The van der Waals surface area contributed by atoms with E-state index in [2.05, 4.69) is 5.32 Å². The third-order valence-corrected chi connectivity index (χ3v) is 8.69. The number of amides is 1. The summed E-state index contributed by atoms with van der Waals surface area (Å²) in [6.07, 6.45) is -3.17. The Bertz CT molecular complexity index is 1560. The summed E-state index contributed by atoms with van der Waals surface area (Å²) in [5.74, 6) is -2.15. The highest BCUT2D eigenvalue weighted by atomic mass is 35.5. The van der Waals surface area contributed by atoms with Crippen molar-refractivity contribution in [2.24, 2.45) is 11.1 Å². The zero-order valence-electron chi connectivity index (χ0n) is 28.6. The number of anilines is 1. The van der Waals surface area contributed by atoms with Crippen molar-refractivity contribution in [2.45, 2.75) is 97.1 Å². The van der Waals surface area contributed by atoms with Gasteiger partial charge in [-0.25, -0.2) is 0 Å². The number of rotatable bonds is 10. The Labute approximate surface area is 285 Å². The van der Waals surface area contributed by atoms with Gasteiger partial charge in [-0.2, -0.15) is 13.2 Å². The number of carbonyl (C=O) groups excluding carboxylic acids is 4. The van der Waals surface area contributed by atoms with Gasteiger partial charge in [-0.3, -0.25) is 19.2 Å². The predicted molar refractivity (Wildman–Crippen MR) is 169 cm³/mol. The van der Waals surface area contributed by atoms with Crippen molar-refractivity contribution in [3.8, 4) is 5.69 Å². The quantitative estimate of drug-likeness (QED) is 0.288. The number of ether oxygens (including phenoxy) is 2. The predicted octanol–water partition coefficient (Wildman–Crippen LogP) is 2.36. The second-order valence-corrected chi connectivity index (χ2v) is 14.7. The van der Waals surface area contributed by atoms with Gasteiger partial charge in [0.25, 0.3) is 5.91 Å². The summed E-state index contributed by atoms with van der Waals surface area (Å²) in [7, 11) is 5.80. The standard InChI is InChI=1S/C34H45F3N4O6.ClH/c1-19-31(34(35,36)37)30-27(16-33(3,4)17-28(30)43)40(19)22-10-13-25(32(38)45)26(14-22)39-21-8-11-23(12-9-21)47-29(44)15-24(46-20(2)42)18-41(5,6)7;/h10,13-14,21,23-24H,8-9,11-12,15-18H2,1-7H3,(H2-,38,39,45);1H/t21-,23-,24?;. The van der Waals surface area contributed by atoms with E-state index in [0.29, 0.717) is 53.8 Å². The summed E-state index contributed by atoms with van der Waals surface area (Å²) in [5, 5.41) is 3.35. The van der Waals surface area contributed by atoms with Crippen LogP contribution in [-0.2, 0) is 31.7 Å². The number of nitrogens with two attached hydrogens (primary N) is 1. The number of primary amides is 1. The summed E-state index contributed by atoms with van der Waals surface area (Å²) in [5.41, 5.74) is 5.08. The van der Waals surface area contributed by atoms with Crippen molar-refractivity contribution in [3.63, 3.8) is 0 Å². The Morgan fingerprint density at radius 2 is 1.73 bits per heavy atom. The molecule has 2 aliphatic rings. The topological polar surface area (TPSA) is 130 Å². The summed E-state index contributed by atoms with van der Waals surface area (Å²) in [6.45, 7) is 6.82. The first-order valence-corrected chi connectivity index (χ1v) is 15.9. The first kappa shape index (κ1) is 38.9. The lowest BCUT2D eigenvalue weighted by atomic mass is 9.75. The number of esters is 2. The highest BCUT2D eigenvalue weighted by molar-refractivity contribution is 6.01. The minimum atomic E-state index is -4.72. The van der Waals surface area contributed by atoms with E-state index in [4.69, 9.17) is 15.2 Å². The fourth-order valence-electron chi connectivity index (χ4n) is 6.91. The van der Waals surface area contributed by atoms with Crippen molar-refractivity contribution in [1.82, 2.24) is 4.57 Å². The maximum atomic E-state index is 14.3. The molecule has 4 rings (SSSR count). The summed E-state index contributed by atoms with van der Waals surface area (Å²) in [6, 6.07) is 4.51. The van der Waals surface area contributed by atoms with Gasteiger partial charge in [-0.1, -0.05) is 13.8 Å². The smallest absolute Gasteiger partial charge is 0.418 e. The number of likely N-dealkylation sites (N-methyl/N-ethyl adjacent to an activating group) is 1. The van der Waals surface area contributed by atoms with Gasteiger partial charge in [0.2, 0.25) is 0 Å². The number of nitrogens with zero attached hydrogens (tertiary/aromatic N) is 2. The number of Topliss-reactive ketones (excluding diaryl/α,β-unsaturated/α-hetero) is 1. The van der Waals surface area contributed by atoms with Gasteiger partial charge in [0.05, 0.1) is 44.3 Å². The van der Waals surface area contributed by atoms with Crippen LogP contribution >= 0.6 is 0 Å². The van der Waals surface area contributed by atoms with Crippen molar-refractivity contribution < 1.29 is 58.7 Å². The number of hydrogen-bond acceptors (Lipinski definition) is 7. The largest absolute Gasteiger partial charge is 1.00 e. The van der Waals surface area contributed by atoms with Crippen molar-refractivity contribution in [1.29, 1.82) is 0 Å². The second kappa shape index (κ2) is 14.5. The van der Waals surface area contributed by atoms with Crippen LogP contribution in [0.1, 0.15) is 97.0 Å². The highest BCUT2D eigenvalue weighted by Gasteiger charge is 2.45. The zero-order valence-corrected chi connectivity index (χ0v) is 29.3. The molecular formula is C34H46ClF3N4O6. The molecule has 1 unspecified atom stereocenters. The number of benzene rings is 1. The molecule has 1 fully saturated rings. The van der Waals surface area contributed by atoms with Gasteiger partial charge in [-0.05, 0) is 62.6 Å². The number of halogens is 4. The maximum absolute atomic E-state index is 14.3. The van der Waals surface area contributed by atoms with Crippen LogP contribution < -0.4 is 23.5 Å². The number of alkyl halides is 3. The van der Waals surface area contributed by atoms with Crippen LogP contribution in [0.3, 0.4) is 0 Å². The molecule has 2 aliphatic carbocycles. The number of fused-ring (bicyclic) bond motifs is 1. The minimum absolute atomic E-state index is 0. The molecule has 0 saturated heterocycles. The van der Waals surface area contributed by atoms with Gasteiger partial charge < -0.3 is 42.0 Å². The van der Waals surface area contributed by atoms with Crippen LogP contribution in [-0.4, -0.2) is 78.6 Å². The molecule has 266 valence electrons. The summed E-state index contributed by atoms with van der Waals surface area (Å²) >= 11 is 0. The Kier molecular flexibility index (Phi) is 11.7. The molecule has 1 amide bonds. The molecule has 1 aromatic carbocycles. The number of quaternary nitrogens is 1. The van der Waals surface area contributed by atoms with E-state index in [1.807, 2.05) is 35.0 Å². The zero-order chi connectivity index (χ0) is 35.1. The molecule has 0 radical (unpaired) electrons. The monoisotopic (exact) mass is 698 g/mol. The molecule has 0 spiro atoms. The molecular weight excluding hydrogens is 653 g/mol. The molecule has 0 bridgehead atoms. The number of nitrogens with one attached hydrogen (secondary N) is 1. The SMILES string of the molecule is CC(=O)OC(CC(=O)O[C@H]1CC[C@H](Nc2cc(-n3c(C)c(C(F)(F)F)c4c3CC(C)(C)CC4=O)ccc2C(N)=O)CC1)C[N+](C)(C)C.[Cl-]. The number of ketones is 1. The maximum Gasteiger partial charge on any atom is 0.418 e. The molecule has 1 heterocycles. The molecule has 1 saturated carbocycles. The van der Waals surface area contributed by atoms with Gasteiger partial charge in [0.1, 0.15) is 12.6 Å². The molecule has 14 heteroatoms. The van der Waals surface area contributed by atoms with Crippen molar-refractivity contribution in [3.05, 3.63) is 46.3 Å². The van der Waals surface area contributed by atoms with Crippen LogP contribution in [0.4, 0.5) is 18.9 Å². The minimum Gasteiger partial charge on any atom is -1.00 e. The number of hydrogen-bond donors (Lipinski definition) is 2. The molecule has 3 N–H and O–H groups in total. The van der Waals surface area contributed by atoms with Crippen molar-refractivity contribution in [2.75, 3.05) is 33.0 Å². The lowest BCUT2D eigenvalue weighted by Crippen LogP contribution is -3.00. The first-order chi connectivity index (χ1) is 21.6. The van der Waals surface area contributed by atoms with Crippen LogP contribution in [0.25, 0.3) is 5.69 Å². The normalized spacial score (nSPS) is 19.8. The van der Waals surface area contributed by atoms with Crippen molar-refractivity contribution >= 4 is 29.3 Å². The Morgan fingerprint density at radius 3 is 2.27 bits per heavy atom.